The minimum absolute atomic E-state index is 1.22. The van der Waals surface area contributed by atoms with Crippen molar-refractivity contribution in [3.05, 3.63) is 0 Å². The summed E-state index contributed by atoms with van der Waals surface area (Å²) < 4.78 is 2.40. The van der Waals surface area contributed by atoms with E-state index in [4.69, 9.17) is 0 Å². The molecule has 1 nitrogen and oxygen atoms in total. The van der Waals surface area contributed by atoms with Crippen LogP contribution in [0.4, 0.5) is 0 Å². The van der Waals surface area contributed by atoms with E-state index < -0.39 is 0 Å². The molecule has 0 aliphatic carbocycles. The maximum atomic E-state index is 2.40. The molecule has 0 atom stereocenters. The third kappa shape index (κ3) is 10.2. The van der Waals surface area contributed by atoms with E-state index in [0.717, 1.165) is 0 Å². The monoisotopic (exact) mass is 173 g/mol. The number of hydrogen-bond donors (Lipinski definition) is 0. The summed E-state index contributed by atoms with van der Waals surface area (Å²) in [6, 6.07) is 0. The van der Waals surface area contributed by atoms with E-state index in [-0.39, 0.29) is 0 Å². The molecule has 68 valence electrons. The fourth-order valence-electron chi connectivity index (χ4n) is 1.21. The van der Waals surface area contributed by atoms with Gasteiger partial charge in [-0.3, -0.25) is 0 Å². The first-order valence-corrected chi connectivity index (χ1v) is 5.81. The minimum Gasteiger partial charge on any atom is -0.335 e. The van der Waals surface area contributed by atoms with Crippen LogP contribution < -0.4 is 0 Å². The second-order valence-corrected chi connectivity index (χ2v) is 5.10. The fraction of sp³-hybridized carbons (Fsp3) is 1.00. The van der Waals surface area contributed by atoms with Crippen LogP contribution in [0.1, 0.15) is 45.4 Å². The van der Waals surface area contributed by atoms with Gasteiger partial charge in [0.05, 0.1) is 10.4 Å². The molecule has 0 aromatic carbocycles. The van der Waals surface area contributed by atoms with Crippen molar-refractivity contribution < 1.29 is 0 Å². The topological polar surface area (TPSA) is 3.24 Å². The number of rotatable bonds is 7. The van der Waals surface area contributed by atoms with E-state index in [0.29, 0.717) is 0 Å². The Balaban J connectivity index is 2.80. The molecule has 0 saturated carbocycles. The molecular formula is C9H23NSi. The third-order valence-electron chi connectivity index (χ3n) is 1.96. The zero-order valence-corrected chi connectivity index (χ0v) is 10.4. The first kappa shape index (κ1) is 11.2. The van der Waals surface area contributed by atoms with E-state index in [1.165, 1.54) is 55.5 Å². The van der Waals surface area contributed by atoms with Crippen molar-refractivity contribution in [2.24, 2.45) is 0 Å². The highest BCUT2D eigenvalue weighted by Crippen LogP contribution is 2.04. The van der Waals surface area contributed by atoms with Gasteiger partial charge in [0.1, 0.15) is 0 Å². The first-order chi connectivity index (χ1) is 5.27. The molecular weight excluding hydrogens is 150 g/mol. The Morgan fingerprint density at radius 2 is 1.55 bits per heavy atom. The first-order valence-electron chi connectivity index (χ1n) is 4.92. The average molecular weight is 173 g/mol. The molecule has 11 heavy (non-hydrogen) atoms. The smallest absolute Gasteiger partial charge is 0.0781 e. The summed E-state index contributed by atoms with van der Waals surface area (Å²) in [5.74, 6) is 0. The van der Waals surface area contributed by atoms with Crippen molar-refractivity contribution in [3.8, 4) is 0 Å². The number of nitrogens with zero attached hydrogens (tertiary/aromatic N) is 1. The molecule has 0 radical (unpaired) electrons. The second kappa shape index (κ2) is 8.28. The third-order valence-corrected chi connectivity index (χ3v) is 2.41. The van der Waals surface area contributed by atoms with Crippen molar-refractivity contribution in [1.82, 2.24) is 4.57 Å². The van der Waals surface area contributed by atoms with Crippen LogP contribution in [0.3, 0.4) is 0 Å². The van der Waals surface area contributed by atoms with Crippen molar-refractivity contribution in [1.29, 1.82) is 0 Å². The van der Waals surface area contributed by atoms with Crippen molar-refractivity contribution in [2.45, 2.75) is 45.4 Å². The van der Waals surface area contributed by atoms with E-state index in [1.807, 2.05) is 0 Å². The molecule has 0 heterocycles. The molecule has 0 amide bonds. The Bertz CT molecular complexity index is 74.0. The van der Waals surface area contributed by atoms with Crippen molar-refractivity contribution >= 4 is 10.4 Å². The highest BCUT2D eigenvalue weighted by Gasteiger charge is 1.90. The van der Waals surface area contributed by atoms with Gasteiger partial charge in [0.2, 0.25) is 0 Å². The standard InChI is InChI=1S/C9H23NSi/c1-3-4-5-6-7-8-9-10(2)11/h3-9H2,1-2,11H3. The van der Waals surface area contributed by atoms with E-state index in [2.05, 4.69) is 18.5 Å². The van der Waals surface area contributed by atoms with Gasteiger partial charge in [-0.2, -0.15) is 0 Å². The van der Waals surface area contributed by atoms with Gasteiger partial charge in [-0.1, -0.05) is 39.0 Å². The van der Waals surface area contributed by atoms with Crippen LogP contribution in [0.25, 0.3) is 0 Å². The Kier molecular flexibility index (Phi) is 8.41. The molecule has 0 N–H and O–H groups in total. The number of hydrogen-bond acceptors (Lipinski definition) is 1. The molecule has 2 heteroatoms. The van der Waals surface area contributed by atoms with E-state index in [9.17, 15) is 0 Å². The summed E-state index contributed by atoms with van der Waals surface area (Å²) in [6.45, 7) is 3.59. The SMILES string of the molecule is CCCCCCCCN(C)[SiH3]. The molecule has 0 rings (SSSR count). The van der Waals surface area contributed by atoms with Crippen LogP contribution in [0, 0.1) is 0 Å². The molecule has 0 aliphatic heterocycles. The van der Waals surface area contributed by atoms with Gasteiger partial charge in [0.25, 0.3) is 0 Å². The minimum atomic E-state index is 1.22. The lowest BCUT2D eigenvalue weighted by Gasteiger charge is -2.08. The highest BCUT2D eigenvalue weighted by atomic mass is 28.2. The molecule has 0 unspecified atom stereocenters. The zero-order chi connectivity index (χ0) is 8.53. The predicted molar refractivity (Wildman–Crippen MR) is 55.9 cm³/mol. The average Bonchev–Trinajstić information content (AvgIpc) is 1.96. The Labute approximate surface area is 74.7 Å². The Hall–Kier alpha value is 0.177. The van der Waals surface area contributed by atoms with Crippen LogP contribution in [0.15, 0.2) is 0 Å². The summed E-state index contributed by atoms with van der Waals surface area (Å²) in [7, 11) is 3.43. The molecule has 0 aliphatic rings. The summed E-state index contributed by atoms with van der Waals surface area (Å²) >= 11 is 0. The summed E-state index contributed by atoms with van der Waals surface area (Å²) in [5.41, 5.74) is 0. The molecule has 0 aromatic heterocycles. The zero-order valence-electron chi connectivity index (χ0n) is 8.40. The summed E-state index contributed by atoms with van der Waals surface area (Å²) in [6.07, 6.45) is 8.53. The maximum Gasteiger partial charge on any atom is 0.0781 e. The van der Waals surface area contributed by atoms with Crippen LogP contribution in [0.2, 0.25) is 0 Å². The summed E-state index contributed by atoms with van der Waals surface area (Å²) in [5, 5.41) is 0. The van der Waals surface area contributed by atoms with Gasteiger partial charge in [-0.05, 0) is 20.0 Å². The van der Waals surface area contributed by atoms with Gasteiger partial charge in [0, 0.05) is 0 Å². The Morgan fingerprint density at radius 1 is 1.00 bits per heavy atom. The van der Waals surface area contributed by atoms with Gasteiger partial charge in [0.15, 0.2) is 0 Å². The van der Waals surface area contributed by atoms with Crippen LogP contribution >= 0.6 is 0 Å². The number of unbranched alkanes of at least 4 members (excludes halogenated alkanes) is 5. The van der Waals surface area contributed by atoms with E-state index in [1.54, 1.807) is 0 Å². The predicted octanol–water partition coefficient (Wildman–Crippen LogP) is 1.56. The molecule has 0 fully saturated rings. The quantitative estimate of drug-likeness (QED) is 0.417. The van der Waals surface area contributed by atoms with Crippen LogP contribution in [-0.2, 0) is 0 Å². The lowest BCUT2D eigenvalue weighted by molar-refractivity contribution is 0.495. The van der Waals surface area contributed by atoms with Crippen LogP contribution in [0.5, 0.6) is 0 Å². The lowest BCUT2D eigenvalue weighted by Crippen LogP contribution is -2.14. The van der Waals surface area contributed by atoms with Gasteiger partial charge in [-0.15, -0.1) is 0 Å². The second-order valence-electron chi connectivity index (χ2n) is 3.57. The van der Waals surface area contributed by atoms with Gasteiger partial charge in [-0.25, -0.2) is 0 Å². The largest absolute Gasteiger partial charge is 0.335 e. The highest BCUT2D eigenvalue weighted by molar-refractivity contribution is 6.04. The fourth-order valence-corrected chi connectivity index (χ4v) is 1.52. The molecule has 0 spiro atoms. The van der Waals surface area contributed by atoms with Gasteiger partial charge < -0.3 is 4.57 Å². The molecule has 0 saturated heterocycles. The normalized spacial score (nSPS) is 11.2. The van der Waals surface area contributed by atoms with Crippen LogP contribution in [-0.4, -0.2) is 28.6 Å². The molecule has 0 bridgehead atoms. The Morgan fingerprint density at radius 3 is 2.09 bits per heavy atom. The maximum absolute atomic E-state index is 2.40. The summed E-state index contributed by atoms with van der Waals surface area (Å²) in [4.78, 5) is 0. The lowest BCUT2D eigenvalue weighted by atomic mass is 10.1. The van der Waals surface area contributed by atoms with Gasteiger partial charge >= 0.3 is 0 Å². The van der Waals surface area contributed by atoms with E-state index >= 15 is 0 Å². The van der Waals surface area contributed by atoms with Crippen molar-refractivity contribution in [2.75, 3.05) is 13.6 Å². The van der Waals surface area contributed by atoms with Crippen molar-refractivity contribution in [3.63, 3.8) is 0 Å². The molecule has 0 aromatic rings.